The fraction of sp³-hybridized carbons (Fsp3) is 0.200. The molecule has 0 saturated carbocycles. The fourth-order valence-electron chi connectivity index (χ4n) is 2.61. The minimum Gasteiger partial charge on any atom is -0.261 e. The van der Waals surface area contributed by atoms with Gasteiger partial charge in [-0.25, -0.2) is 14.5 Å². The molecule has 110 valence electrons. The van der Waals surface area contributed by atoms with Gasteiger partial charge in [-0.2, -0.15) is 5.10 Å². The molecule has 0 aliphatic heterocycles. The van der Waals surface area contributed by atoms with Crippen molar-refractivity contribution in [2.45, 2.75) is 19.4 Å². The molecule has 0 amide bonds. The van der Waals surface area contributed by atoms with E-state index in [2.05, 4.69) is 38.0 Å². The zero-order valence-corrected chi connectivity index (χ0v) is 13.5. The van der Waals surface area contributed by atoms with Gasteiger partial charge in [0.05, 0.1) is 16.2 Å². The highest BCUT2D eigenvalue weighted by molar-refractivity contribution is 9.10. The first-order chi connectivity index (χ1) is 10.8. The Morgan fingerprint density at radius 3 is 2.91 bits per heavy atom. The molecule has 22 heavy (non-hydrogen) atoms. The van der Waals surface area contributed by atoms with Crippen LogP contribution in [0.2, 0.25) is 0 Å². The zero-order chi connectivity index (χ0) is 15.1. The summed E-state index contributed by atoms with van der Waals surface area (Å²) in [6.07, 6.45) is 6.28. The van der Waals surface area contributed by atoms with Crippen molar-refractivity contribution >= 4 is 32.5 Å². The highest BCUT2D eigenvalue weighted by Crippen LogP contribution is 2.23. The third-order valence-corrected chi connectivity index (χ3v) is 4.08. The summed E-state index contributed by atoms with van der Waals surface area (Å²) >= 11 is 3.43. The monoisotopic (exact) mass is 356 g/mol. The van der Waals surface area contributed by atoms with Gasteiger partial charge >= 0.3 is 0 Å². The fourth-order valence-corrected chi connectivity index (χ4v) is 2.91. The van der Waals surface area contributed by atoms with Gasteiger partial charge in [-0.1, -0.05) is 19.1 Å². The van der Waals surface area contributed by atoms with Crippen LogP contribution in [0.5, 0.6) is 0 Å². The molecular formula is C15H13BrN6. The number of hydrogen-bond donors (Lipinski definition) is 0. The van der Waals surface area contributed by atoms with Crippen LogP contribution in [0.1, 0.15) is 25.2 Å². The molecule has 4 rings (SSSR count). The van der Waals surface area contributed by atoms with Crippen molar-refractivity contribution in [1.82, 2.24) is 29.4 Å². The van der Waals surface area contributed by atoms with Crippen LogP contribution in [0.25, 0.3) is 16.6 Å². The Bertz CT molecular complexity index is 957. The highest BCUT2D eigenvalue weighted by atomic mass is 79.9. The van der Waals surface area contributed by atoms with Crippen molar-refractivity contribution in [3.05, 3.63) is 53.3 Å². The summed E-state index contributed by atoms with van der Waals surface area (Å²) in [6, 6.07) is 7.96. The van der Waals surface area contributed by atoms with Gasteiger partial charge in [-0.3, -0.25) is 4.68 Å². The second-order valence-corrected chi connectivity index (χ2v) is 5.98. The summed E-state index contributed by atoms with van der Waals surface area (Å²) in [7, 11) is 0. The molecule has 1 unspecified atom stereocenters. The quantitative estimate of drug-likeness (QED) is 0.565. The van der Waals surface area contributed by atoms with Gasteiger partial charge in [0.15, 0.2) is 11.5 Å². The lowest BCUT2D eigenvalue weighted by Crippen LogP contribution is -2.12. The lowest BCUT2D eigenvalue weighted by atomic mass is 10.2. The average Bonchev–Trinajstić information content (AvgIpc) is 3.15. The minimum atomic E-state index is 0.00459. The Hall–Kier alpha value is -2.28. The van der Waals surface area contributed by atoms with Crippen molar-refractivity contribution in [2.24, 2.45) is 0 Å². The van der Waals surface area contributed by atoms with Crippen LogP contribution in [0.3, 0.4) is 0 Å². The molecule has 0 aliphatic carbocycles. The van der Waals surface area contributed by atoms with E-state index >= 15 is 0 Å². The Kier molecular flexibility index (Phi) is 3.15. The summed E-state index contributed by atoms with van der Waals surface area (Å²) in [5, 5.41) is 9.95. The second-order valence-electron chi connectivity index (χ2n) is 5.06. The molecule has 0 saturated heterocycles. The smallest absolute Gasteiger partial charge is 0.176 e. The van der Waals surface area contributed by atoms with Crippen LogP contribution in [0.4, 0.5) is 0 Å². The van der Waals surface area contributed by atoms with Crippen molar-refractivity contribution in [3.63, 3.8) is 0 Å². The van der Waals surface area contributed by atoms with E-state index in [9.17, 15) is 0 Å². The molecule has 0 radical (unpaired) electrons. The zero-order valence-electron chi connectivity index (χ0n) is 11.9. The first kappa shape index (κ1) is 13.4. The van der Waals surface area contributed by atoms with E-state index < -0.39 is 0 Å². The van der Waals surface area contributed by atoms with Gasteiger partial charge in [-0.15, -0.1) is 5.10 Å². The largest absolute Gasteiger partial charge is 0.261 e. The van der Waals surface area contributed by atoms with E-state index in [1.807, 2.05) is 35.1 Å². The van der Waals surface area contributed by atoms with E-state index in [1.165, 1.54) is 0 Å². The summed E-state index contributed by atoms with van der Waals surface area (Å²) in [5.74, 6) is 0.747. The standard InChI is InChI=1S/C15H13BrN6/c1-2-13(21-8-10(16)7-18-21)14-19-15-11-5-3-4-6-12(11)17-9-22(15)20-14/h3-9,13H,2H2,1H3. The number of aromatic nitrogens is 6. The maximum atomic E-state index is 4.73. The van der Waals surface area contributed by atoms with Gasteiger partial charge in [0.1, 0.15) is 12.4 Å². The maximum Gasteiger partial charge on any atom is 0.176 e. The molecule has 1 aromatic carbocycles. The minimum absolute atomic E-state index is 0.00459. The van der Waals surface area contributed by atoms with Gasteiger partial charge in [0.2, 0.25) is 0 Å². The molecule has 0 spiro atoms. The number of halogens is 1. The van der Waals surface area contributed by atoms with Crippen molar-refractivity contribution in [1.29, 1.82) is 0 Å². The SMILES string of the molecule is CCC(c1nc2c3ccccc3ncn2n1)n1cc(Br)cn1. The van der Waals surface area contributed by atoms with Crippen LogP contribution in [0, 0.1) is 0 Å². The molecule has 0 N–H and O–H groups in total. The third kappa shape index (κ3) is 2.09. The summed E-state index contributed by atoms with van der Waals surface area (Å²) < 4.78 is 4.56. The van der Waals surface area contributed by atoms with Crippen LogP contribution >= 0.6 is 15.9 Å². The predicted molar refractivity (Wildman–Crippen MR) is 86.6 cm³/mol. The first-order valence-electron chi connectivity index (χ1n) is 7.06. The number of benzene rings is 1. The number of nitrogens with zero attached hydrogens (tertiary/aromatic N) is 6. The highest BCUT2D eigenvalue weighted by Gasteiger charge is 2.19. The van der Waals surface area contributed by atoms with E-state index in [4.69, 9.17) is 4.98 Å². The molecule has 1 atom stereocenters. The number of hydrogen-bond acceptors (Lipinski definition) is 4. The molecule has 0 fully saturated rings. The molecule has 6 nitrogen and oxygen atoms in total. The molecule has 3 heterocycles. The van der Waals surface area contributed by atoms with Crippen molar-refractivity contribution < 1.29 is 0 Å². The Labute approximate surface area is 134 Å². The van der Waals surface area contributed by atoms with Gasteiger partial charge in [-0.05, 0) is 34.5 Å². The molecular weight excluding hydrogens is 344 g/mol. The van der Waals surface area contributed by atoms with E-state index in [0.717, 1.165) is 33.3 Å². The van der Waals surface area contributed by atoms with Crippen LogP contribution in [0.15, 0.2) is 47.5 Å². The van der Waals surface area contributed by atoms with Crippen molar-refractivity contribution in [3.8, 4) is 0 Å². The topological polar surface area (TPSA) is 60.9 Å². The first-order valence-corrected chi connectivity index (χ1v) is 7.85. The second kappa shape index (κ2) is 5.17. The maximum absolute atomic E-state index is 4.73. The van der Waals surface area contributed by atoms with Crippen LogP contribution in [-0.4, -0.2) is 29.4 Å². The Balaban J connectivity index is 1.89. The molecule has 7 heteroatoms. The van der Waals surface area contributed by atoms with Gasteiger partial charge in [0, 0.05) is 11.6 Å². The van der Waals surface area contributed by atoms with E-state index in [-0.39, 0.29) is 6.04 Å². The average molecular weight is 357 g/mol. The predicted octanol–water partition coefficient (Wildman–Crippen LogP) is 3.24. The van der Waals surface area contributed by atoms with Crippen molar-refractivity contribution in [2.75, 3.05) is 0 Å². The van der Waals surface area contributed by atoms with Gasteiger partial charge in [0.25, 0.3) is 0 Å². The van der Waals surface area contributed by atoms with Crippen LogP contribution < -0.4 is 0 Å². The third-order valence-electron chi connectivity index (χ3n) is 3.67. The number of fused-ring (bicyclic) bond motifs is 3. The summed E-state index contributed by atoms with van der Waals surface area (Å²) in [4.78, 5) is 9.15. The Morgan fingerprint density at radius 2 is 2.14 bits per heavy atom. The lowest BCUT2D eigenvalue weighted by molar-refractivity contribution is 0.484. The molecule has 0 bridgehead atoms. The summed E-state index contributed by atoms with van der Waals surface area (Å²) in [6.45, 7) is 2.10. The van der Waals surface area contributed by atoms with Gasteiger partial charge < -0.3 is 0 Å². The molecule has 4 aromatic rings. The van der Waals surface area contributed by atoms with E-state index in [0.29, 0.717) is 0 Å². The van der Waals surface area contributed by atoms with E-state index in [1.54, 1.807) is 17.0 Å². The van der Waals surface area contributed by atoms with Crippen LogP contribution in [-0.2, 0) is 0 Å². The number of para-hydroxylation sites is 1. The normalized spacial score (nSPS) is 13.0. The summed E-state index contributed by atoms with van der Waals surface area (Å²) in [5.41, 5.74) is 1.74. The molecule has 0 aliphatic rings. The Morgan fingerprint density at radius 1 is 1.27 bits per heavy atom. The number of rotatable bonds is 3. The molecule has 3 aromatic heterocycles. The lowest BCUT2D eigenvalue weighted by Gasteiger charge is -2.10.